The molecule has 8 heteroatoms. The fourth-order valence-corrected chi connectivity index (χ4v) is 3.16. The second-order valence-corrected chi connectivity index (χ2v) is 8.15. The molecule has 158 valence electrons. The van der Waals surface area contributed by atoms with Gasteiger partial charge < -0.3 is 14.3 Å². The molecule has 0 aliphatic heterocycles. The molecule has 2 N–H and O–H groups in total. The van der Waals surface area contributed by atoms with E-state index < -0.39 is 11.7 Å². The van der Waals surface area contributed by atoms with Crippen LogP contribution in [0.25, 0.3) is 22.6 Å². The number of hydrogen-bond donors (Lipinski definition) is 2. The fraction of sp³-hybridized carbons (Fsp3) is 0.217. The third kappa shape index (κ3) is 4.80. The van der Waals surface area contributed by atoms with Crippen molar-refractivity contribution < 1.29 is 9.53 Å². The van der Waals surface area contributed by atoms with Gasteiger partial charge in [-0.2, -0.15) is 0 Å². The van der Waals surface area contributed by atoms with Gasteiger partial charge in [0.15, 0.2) is 11.2 Å². The molecule has 0 fully saturated rings. The van der Waals surface area contributed by atoms with Gasteiger partial charge in [0.2, 0.25) is 0 Å². The summed E-state index contributed by atoms with van der Waals surface area (Å²) < 4.78 is 7.03. The van der Waals surface area contributed by atoms with Crippen LogP contribution < -0.4 is 10.9 Å². The summed E-state index contributed by atoms with van der Waals surface area (Å²) in [5.41, 5.74) is 2.32. The molecule has 0 atom stereocenters. The maximum Gasteiger partial charge on any atom is 0.412 e. The van der Waals surface area contributed by atoms with Crippen molar-refractivity contribution in [3.8, 4) is 11.4 Å². The third-order valence-corrected chi connectivity index (χ3v) is 4.48. The van der Waals surface area contributed by atoms with Gasteiger partial charge in [0.1, 0.15) is 11.4 Å². The molecule has 0 bridgehead atoms. The van der Waals surface area contributed by atoms with E-state index in [4.69, 9.17) is 4.74 Å². The van der Waals surface area contributed by atoms with Crippen molar-refractivity contribution >= 4 is 22.9 Å². The number of aromatic amines is 1. The number of carbonyl (C=O) groups is 1. The summed E-state index contributed by atoms with van der Waals surface area (Å²) >= 11 is 0. The SMILES string of the molecule is CC(C)(C)OC(=O)Nc1ccc(-c2nc3ncn(Cc4ccccc4)c3c(=O)[nH]2)cc1. The molecule has 2 aromatic carbocycles. The molecule has 2 heterocycles. The number of nitrogens with zero attached hydrogens (tertiary/aromatic N) is 3. The number of carbonyl (C=O) groups excluding carboxylic acids is 1. The lowest BCUT2D eigenvalue weighted by atomic mass is 10.2. The molecule has 4 aromatic rings. The molecular formula is C23H23N5O3. The van der Waals surface area contributed by atoms with Crippen LogP contribution in [0.1, 0.15) is 26.3 Å². The average Bonchev–Trinajstić information content (AvgIpc) is 3.11. The van der Waals surface area contributed by atoms with E-state index in [1.165, 1.54) is 0 Å². The fourth-order valence-electron chi connectivity index (χ4n) is 3.16. The highest BCUT2D eigenvalue weighted by molar-refractivity contribution is 5.85. The highest BCUT2D eigenvalue weighted by Crippen LogP contribution is 2.20. The Hall–Kier alpha value is -3.94. The van der Waals surface area contributed by atoms with Crippen molar-refractivity contribution in [3.05, 3.63) is 76.8 Å². The van der Waals surface area contributed by atoms with Crippen LogP contribution in [-0.2, 0) is 11.3 Å². The smallest absolute Gasteiger partial charge is 0.412 e. The van der Waals surface area contributed by atoms with Gasteiger partial charge in [-0.05, 0) is 50.6 Å². The van der Waals surface area contributed by atoms with E-state index in [9.17, 15) is 9.59 Å². The Labute approximate surface area is 178 Å². The van der Waals surface area contributed by atoms with Gasteiger partial charge in [0.05, 0.1) is 6.33 Å². The quantitative estimate of drug-likeness (QED) is 0.519. The van der Waals surface area contributed by atoms with Crippen LogP contribution in [0.4, 0.5) is 10.5 Å². The molecule has 0 radical (unpaired) electrons. The van der Waals surface area contributed by atoms with Gasteiger partial charge in [0.25, 0.3) is 5.56 Å². The summed E-state index contributed by atoms with van der Waals surface area (Å²) in [6.45, 7) is 5.94. The Morgan fingerprint density at radius 2 is 1.81 bits per heavy atom. The largest absolute Gasteiger partial charge is 0.444 e. The van der Waals surface area contributed by atoms with Gasteiger partial charge in [-0.25, -0.2) is 14.8 Å². The first kappa shape index (κ1) is 20.3. The standard InChI is InChI=1S/C23H23N5O3/c1-23(2,3)31-22(30)25-17-11-9-16(10-12-17)19-26-20-18(21(29)27-19)28(14-24-20)13-15-7-5-4-6-8-15/h4-12,14H,13H2,1-3H3,(H,25,30)(H,26,27,29). The third-order valence-electron chi connectivity index (χ3n) is 4.48. The zero-order valence-corrected chi connectivity index (χ0v) is 17.5. The van der Waals surface area contributed by atoms with Crippen molar-refractivity contribution in [3.63, 3.8) is 0 Å². The minimum absolute atomic E-state index is 0.260. The Kier molecular flexibility index (Phi) is 5.29. The van der Waals surface area contributed by atoms with Gasteiger partial charge in [-0.3, -0.25) is 10.1 Å². The molecule has 2 aromatic heterocycles. The maximum absolute atomic E-state index is 12.8. The van der Waals surface area contributed by atoms with E-state index in [-0.39, 0.29) is 5.56 Å². The normalized spacial score (nSPS) is 11.5. The van der Waals surface area contributed by atoms with Gasteiger partial charge >= 0.3 is 6.09 Å². The molecule has 4 rings (SSSR count). The van der Waals surface area contributed by atoms with Crippen molar-refractivity contribution in [2.75, 3.05) is 5.32 Å². The molecule has 31 heavy (non-hydrogen) atoms. The number of nitrogens with one attached hydrogen (secondary N) is 2. The Balaban J connectivity index is 1.56. The number of H-pyrrole nitrogens is 1. The summed E-state index contributed by atoms with van der Waals surface area (Å²) in [5.74, 6) is 0.409. The molecule has 1 amide bonds. The number of fused-ring (bicyclic) bond motifs is 1. The van der Waals surface area contributed by atoms with Crippen LogP contribution in [-0.4, -0.2) is 31.2 Å². The lowest BCUT2D eigenvalue weighted by Gasteiger charge is -2.19. The van der Waals surface area contributed by atoms with E-state index in [0.717, 1.165) is 5.56 Å². The summed E-state index contributed by atoms with van der Waals surface area (Å²) in [6.07, 6.45) is 1.09. The summed E-state index contributed by atoms with van der Waals surface area (Å²) in [6, 6.07) is 16.8. The predicted octanol–water partition coefficient (Wildman–Crippen LogP) is 4.18. The Bertz CT molecular complexity index is 1270. The van der Waals surface area contributed by atoms with E-state index >= 15 is 0 Å². The van der Waals surface area contributed by atoms with Crippen LogP contribution in [0, 0.1) is 0 Å². The molecule has 8 nitrogen and oxygen atoms in total. The lowest BCUT2D eigenvalue weighted by molar-refractivity contribution is 0.0636. The summed E-state index contributed by atoms with van der Waals surface area (Å²) in [7, 11) is 0. The zero-order chi connectivity index (χ0) is 22.0. The van der Waals surface area contributed by atoms with Crippen molar-refractivity contribution in [2.45, 2.75) is 32.9 Å². The first-order valence-electron chi connectivity index (χ1n) is 9.88. The van der Waals surface area contributed by atoms with Crippen molar-refractivity contribution in [1.82, 2.24) is 19.5 Å². The van der Waals surface area contributed by atoms with Crippen LogP contribution >= 0.6 is 0 Å². The second kappa shape index (κ2) is 8.06. The van der Waals surface area contributed by atoms with Crippen LogP contribution in [0.15, 0.2) is 65.7 Å². The Morgan fingerprint density at radius 1 is 1.10 bits per heavy atom. The number of benzene rings is 2. The van der Waals surface area contributed by atoms with E-state index in [1.54, 1.807) is 55.9 Å². The predicted molar refractivity (Wildman–Crippen MR) is 119 cm³/mol. The van der Waals surface area contributed by atoms with E-state index in [1.807, 2.05) is 30.3 Å². The number of amides is 1. The molecule has 0 spiro atoms. The molecule has 0 aliphatic rings. The highest BCUT2D eigenvalue weighted by Gasteiger charge is 2.16. The minimum Gasteiger partial charge on any atom is -0.444 e. The summed E-state index contributed by atoms with van der Waals surface area (Å²) in [5, 5.41) is 2.68. The van der Waals surface area contributed by atoms with Gasteiger partial charge in [0, 0.05) is 17.8 Å². The molecule has 0 saturated heterocycles. The molecule has 0 aliphatic carbocycles. The number of anilines is 1. The number of rotatable bonds is 4. The average molecular weight is 417 g/mol. The topological polar surface area (TPSA) is 102 Å². The summed E-state index contributed by atoms with van der Waals surface area (Å²) in [4.78, 5) is 36.3. The van der Waals surface area contributed by atoms with E-state index in [0.29, 0.717) is 34.8 Å². The van der Waals surface area contributed by atoms with Crippen molar-refractivity contribution in [2.24, 2.45) is 0 Å². The van der Waals surface area contributed by atoms with Crippen molar-refractivity contribution in [1.29, 1.82) is 0 Å². The number of hydrogen-bond acceptors (Lipinski definition) is 5. The monoisotopic (exact) mass is 417 g/mol. The maximum atomic E-state index is 12.8. The molecular weight excluding hydrogens is 394 g/mol. The number of ether oxygens (including phenoxy) is 1. The first-order chi connectivity index (χ1) is 14.8. The van der Waals surface area contributed by atoms with Crippen LogP contribution in [0.5, 0.6) is 0 Å². The number of aromatic nitrogens is 4. The first-order valence-corrected chi connectivity index (χ1v) is 9.88. The van der Waals surface area contributed by atoms with Crippen LogP contribution in [0.2, 0.25) is 0 Å². The number of imidazole rings is 1. The van der Waals surface area contributed by atoms with Gasteiger partial charge in [-0.1, -0.05) is 30.3 Å². The molecule has 0 unspecified atom stereocenters. The minimum atomic E-state index is -0.577. The van der Waals surface area contributed by atoms with E-state index in [2.05, 4.69) is 20.3 Å². The van der Waals surface area contributed by atoms with Gasteiger partial charge in [-0.15, -0.1) is 0 Å². The highest BCUT2D eigenvalue weighted by atomic mass is 16.6. The second-order valence-electron chi connectivity index (χ2n) is 8.15. The lowest BCUT2D eigenvalue weighted by Crippen LogP contribution is -2.27. The zero-order valence-electron chi connectivity index (χ0n) is 17.5. The molecule has 0 saturated carbocycles. The van der Waals surface area contributed by atoms with Crippen LogP contribution in [0.3, 0.4) is 0 Å². The Morgan fingerprint density at radius 3 is 2.48 bits per heavy atom.